The van der Waals surface area contributed by atoms with Crippen molar-refractivity contribution >= 4 is 28.6 Å². The summed E-state index contributed by atoms with van der Waals surface area (Å²) >= 11 is 0. The zero-order valence-corrected chi connectivity index (χ0v) is 18.8. The average Bonchev–Trinajstić information content (AvgIpc) is 3.23. The molecule has 1 fully saturated rings. The van der Waals surface area contributed by atoms with Crippen LogP contribution in [-0.2, 0) is 4.74 Å². The lowest BCUT2D eigenvalue weighted by molar-refractivity contribution is 0.0302. The van der Waals surface area contributed by atoms with Gasteiger partial charge in [0.2, 0.25) is 11.8 Å². The molecular formula is C23H26N6O4. The van der Waals surface area contributed by atoms with Crippen LogP contribution in [0.15, 0.2) is 24.4 Å². The van der Waals surface area contributed by atoms with Gasteiger partial charge in [-0.05, 0) is 39.0 Å². The summed E-state index contributed by atoms with van der Waals surface area (Å²) in [6, 6.07) is 7.36. The minimum atomic E-state index is -0.108. The molecule has 1 saturated heterocycles. The van der Waals surface area contributed by atoms with Crippen LogP contribution in [-0.4, -0.2) is 64.8 Å². The minimum absolute atomic E-state index is 0.0647. The molecule has 0 unspecified atom stereocenters. The van der Waals surface area contributed by atoms with E-state index in [1.165, 1.54) is 0 Å². The summed E-state index contributed by atoms with van der Waals surface area (Å²) in [5.41, 5.74) is 2.04. The predicted molar refractivity (Wildman–Crippen MR) is 122 cm³/mol. The van der Waals surface area contributed by atoms with Gasteiger partial charge in [-0.2, -0.15) is 15.2 Å². The highest BCUT2D eigenvalue weighted by Gasteiger charge is 2.21. The Morgan fingerprint density at radius 3 is 2.82 bits per heavy atom. The average molecular weight is 450 g/mol. The van der Waals surface area contributed by atoms with Crippen LogP contribution in [0.25, 0.3) is 11.0 Å². The standard InChI is InChI=1S/C23H26N6O4/c1-4-32-21-19-16(12-24)13-25-20(19)27-23(28-21)26-17-6-5-15(11-18(17)33-14(2)3)22(30)29-7-9-31-10-8-29/h5-6,11,13-14H,4,7-10H2,1-3H3,(H2,25,26,27,28). The first-order valence-corrected chi connectivity index (χ1v) is 10.9. The van der Waals surface area contributed by atoms with Gasteiger partial charge in [-0.1, -0.05) is 0 Å². The normalized spacial score (nSPS) is 13.7. The number of hydrogen-bond donors (Lipinski definition) is 2. The second-order valence-corrected chi connectivity index (χ2v) is 7.73. The summed E-state index contributed by atoms with van der Waals surface area (Å²) in [7, 11) is 0. The molecule has 0 saturated carbocycles. The number of aromatic nitrogens is 3. The van der Waals surface area contributed by atoms with Gasteiger partial charge >= 0.3 is 0 Å². The molecule has 2 N–H and O–H groups in total. The zero-order chi connectivity index (χ0) is 23.4. The number of H-pyrrole nitrogens is 1. The van der Waals surface area contributed by atoms with E-state index in [9.17, 15) is 10.1 Å². The van der Waals surface area contributed by atoms with Gasteiger partial charge in [0.15, 0.2) is 0 Å². The highest BCUT2D eigenvalue weighted by Crippen LogP contribution is 2.32. The number of aromatic amines is 1. The lowest BCUT2D eigenvalue weighted by Crippen LogP contribution is -2.40. The van der Waals surface area contributed by atoms with Gasteiger partial charge in [-0.15, -0.1) is 0 Å². The number of anilines is 2. The summed E-state index contributed by atoms with van der Waals surface area (Å²) in [6.07, 6.45) is 1.47. The van der Waals surface area contributed by atoms with E-state index in [-0.39, 0.29) is 18.0 Å². The van der Waals surface area contributed by atoms with Crippen molar-refractivity contribution in [2.45, 2.75) is 26.9 Å². The van der Waals surface area contributed by atoms with Crippen molar-refractivity contribution in [1.82, 2.24) is 19.9 Å². The number of nitrogens with one attached hydrogen (secondary N) is 2. The number of nitrogens with zero attached hydrogens (tertiary/aromatic N) is 4. The first-order chi connectivity index (χ1) is 16.0. The van der Waals surface area contributed by atoms with Crippen LogP contribution in [0.4, 0.5) is 11.6 Å². The largest absolute Gasteiger partial charge is 0.489 e. The lowest BCUT2D eigenvalue weighted by Gasteiger charge is -2.27. The molecule has 3 heterocycles. The zero-order valence-electron chi connectivity index (χ0n) is 18.8. The third kappa shape index (κ3) is 4.83. The van der Waals surface area contributed by atoms with Crippen LogP contribution in [0.3, 0.4) is 0 Å². The Morgan fingerprint density at radius 2 is 2.12 bits per heavy atom. The van der Waals surface area contributed by atoms with E-state index in [1.54, 1.807) is 29.3 Å². The summed E-state index contributed by atoms with van der Waals surface area (Å²) < 4.78 is 17.0. The van der Waals surface area contributed by atoms with Gasteiger partial charge in [-0.3, -0.25) is 4.79 Å². The second kappa shape index (κ2) is 9.75. The van der Waals surface area contributed by atoms with Crippen LogP contribution < -0.4 is 14.8 Å². The molecule has 1 amide bonds. The van der Waals surface area contributed by atoms with E-state index in [4.69, 9.17) is 14.2 Å². The molecule has 172 valence electrons. The lowest BCUT2D eigenvalue weighted by atomic mass is 10.1. The SMILES string of the molecule is CCOc1nc(Nc2ccc(C(=O)N3CCOCC3)cc2OC(C)C)nc2[nH]cc(C#N)c12. The molecule has 2 aromatic heterocycles. The van der Waals surface area contributed by atoms with Crippen molar-refractivity contribution < 1.29 is 19.0 Å². The molecule has 0 spiro atoms. The van der Waals surface area contributed by atoms with E-state index in [1.807, 2.05) is 20.8 Å². The van der Waals surface area contributed by atoms with Gasteiger partial charge in [0.25, 0.3) is 5.91 Å². The van der Waals surface area contributed by atoms with Crippen LogP contribution in [0.2, 0.25) is 0 Å². The highest BCUT2D eigenvalue weighted by molar-refractivity contribution is 5.95. The van der Waals surface area contributed by atoms with E-state index < -0.39 is 0 Å². The number of benzene rings is 1. The maximum Gasteiger partial charge on any atom is 0.254 e. The van der Waals surface area contributed by atoms with E-state index >= 15 is 0 Å². The third-order valence-corrected chi connectivity index (χ3v) is 5.04. The summed E-state index contributed by atoms with van der Waals surface area (Å²) in [6.45, 7) is 8.27. The molecule has 1 aliphatic rings. The van der Waals surface area contributed by atoms with Crippen LogP contribution in [0, 0.1) is 11.3 Å². The number of amides is 1. The molecule has 0 aliphatic carbocycles. The van der Waals surface area contributed by atoms with Gasteiger partial charge in [0, 0.05) is 24.8 Å². The number of nitriles is 1. The number of rotatable bonds is 7. The molecule has 0 bridgehead atoms. The monoisotopic (exact) mass is 450 g/mol. The van der Waals surface area contributed by atoms with E-state index in [2.05, 4.69) is 26.3 Å². The Hall–Kier alpha value is -3.84. The predicted octanol–water partition coefficient (Wildman–Crippen LogP) is 3.23. The van der Waals surface area contributed by atoms with Gasteiger partial charge in [-0.25, -0.2) is 0 Å². The smallest absolute Gasteiger partial charge is 0.254 e. The van der Waals surface area contributed by atoms with Crippen molar-refractivity contribution in [2.24, 2.45) is 0 Å². The Kier molecular flexibility index (Phi) is 6.60. The fourth-order valence-electron chi connectivity index (χ4n) is 3.56. The van der Waals surface area contributed by atoms with Crippen molar-refractivity contribution in [1.29, 1.82) is 5.26 Å². The number of carbonyl (C=O) groups excluding carboxylic acids is 1. The fraction of sp³-hybridized carbons (Fsp3) is 0.391. The maximum absolute atomic E-state index is 12.9. The van der Waals surface area contributed by atoms with E-state index in [0.29, 0.717) is 72.4 Å². The quantitative estimate of drug-likeness (QED) is 0.562. The molecule has 0 radical (unpaired) electrons. The molecule has 4 rings (SSSR count). The van der Waals surface area contributed by atoms with Crippen LogP contribution >= 0.6 is 0 Å². The molecule has 1 aliphatic heterocycles. The third-order valence-electron chi connectivity index (χ3n) is 5.04. The Morgan fingerprint density at radius 1 is 1.33 bits per heavy atom. The summed E-state index contributed by atoms with van der Waals surface area (Å²) in [5.74, 6) is 1.03. The van der Waals surface area contributed by atoms with Crippen molar-refractivity contribution in [2.75, 3.05) is 38.2 Å². The van der Waals surface area contributed by atoms with Crippen molar-refractivity contribution in [3.8, 4) is 17.7 Å². The minimum Gasteiger partial charge on any atom is -0.489 e. The summed E-state index contributed by atoms with van der Waals surface area (Å²) in [4.78, 5) is 26.6. The molecule has 3 aromatic rings. The van der Waals surface area contributed by atoms with Crippen LogP contribution in [0.1, 0.15) is 36.7 Å². The Balaban J connectivity index is 1.67. The fourth-order valence-corrected chi connectivity index (χ4v) is 3.56. The topological polar surface area (TPSA) is 125 Å². The first-order valence-electron chi connectivity index (χ1n) is 10.9. The maximum atomic E-state index is 12.9. The molecule has 10 nitrogen and oxygen atoms in total. The van der Waals surface area contributed by atoms with Crippen molar-refractivity contribution in [3.63, 3.8) is 0 Å². The van der Waals surface area contributed by atoms with E-state index in [0.717, 1.165) is 0 Å². The number of morpholine rings is 1. The first kappa shape index (κ1) is 22.4. The number of fused-ring (bicyclic) bond motifs is 1. The Bertz CT molecular complexity index is 1190. The highest BCUT2D eigenvalue weighted by atomic mass is 16.5. The molecular weight excluding hydrogens is 424 g/mol. The summed E-state index contributed by atoms with van der Waals surface area (Å²) in [5, 5.41) is 13.1. The molecule has 1 aromatic carbocycles. The van der Waals surface area contributed by atoms with Gasteiger partial charge < -0.3 is 29.4 Å². The second-order valence-electron chi connectivity index (χ2n) is 7.73. The molecule has 0 atom stereocenters. The number of hydrogen-bond acceptors (Lipinski definition) is 8. The molecule has 33 heavy (non-hydrogen) atoms. The number of carbonyl (C=O) groups is 1. The van der Waals surface area contributed by atoms with Crippen molar-refractivity contribution in [3.05, 3.63) is 35.5 Å². The van der Waals surface area contributed by atoms with Crippen LogP contribution in [0.5, 0.6) is 11.6 Å². The van der Waals surface area contributed by atoms with Gasteiger partial charge in [0.05, 0.1) is 42.6 Å². The van der Waals surface area contributed by atoms with Gasteiger partial charge in [0.1, 0.15) is 17.5 Å². The molecule has 10 heteroatoms. The Labute approximate surface area is 191 Å². The number of ether oxygens (including phenoxy) is 3.